The second-order valence-electron chi connectivity index (χ2n) is 4.61. The Balaban J connectivity index is 1.92. The number of pyridine rings is 1. The molecule has 2 aromatic heterocycles. The maximum atomic E-state index is 5.91. The Morgan fingerprint density at radius 2 is 2.05 bits per heavy atom. The third-order valence-corrected chi connectivity index (χ3v) is 3.27. The van der Waals surface area contributed by atoms with Gasteiger partial charge in [0.15, 0.2) is 11.5 Å². The summed E-state index contributed by atoms with van der Waals surface area (Å²) in [6.45, 7) is 2.73. The molecule has 0 radical (unpaired) electrons. The number of rotatable bonds is 4. The molecular formula is C16H16N2O2. The third-order valence-electron chi connectivity index (χ3n) is 3.27. The van der Waals surface area contributed by atoms with Crippen molar-refractivity contribution >= 4 is 11.0 Å². The molecular weight excluding hydrogens is 252 g/mol. The van der Waals surface area contributed by atoms with Crippen LogP contribution in [0.3, 0.4) is 0 Å². The number of para-hydroxylation sites is 1. The van der Waals surface area contributed by atoms with Crippen LogP contribution in [0.4, 0.5) is 0 Å². The lowest BCUT2D eigenvalue weighted by Crippen LogP contribution is -2.03. The average Bonchev–Trinajstić information content (AvgIpc) is 2.84. The maximum absolute atomic E-state index is 5.91. The molecule has 3 rings (SSSR count). The van der Waals surface area contributed by atoms with Gasteiger partial charge in [-0.05, 0) is 30.7 Å². The van der Waals surface area contributed by atoms with Gasteiger partial charge in [0.2, 0.25) is 0 Å². The number of nitrogens with two attached hydrogens (primary N) is 1. The molecule has 0 fully saturated rings. The fourth-order valence-electron chi connectivity index (χ4n) is 2.18. The van der Waals surface area contributed by atoms with Crippen molar-refractivity contribution in [2.45, 2.75) is 20.1 Å². The van der Waals surface area contributed by atoms with Crippen LogP contribution >= 0.6 is 0 Å². The van der Waals surface area contributed by atoms with Crippen molar-refractivity contribution in [2.75, 3.05) is 0 Å². The number of hydrogen-bond donors (Lipinski definition) is 1. The molecule has 0 unspecified atom stereocenters. The van der Waals surface area contributed by atoms with Crippen molar-refractivity contribution in [3.05, 3.63) is 59.6 Å². The molecule has 0 bridgehead atoms. The molecule has 2 N–H and O–H groups in total. The van der Waals surface area contributed by atoms with Crippen molar-refractivity contribution < 1.29 is 9.15 Å². The molecule has 0 aliphatic heterocycles. The van der Waals surface area contributed by atoms with E-state index in [4.69, 9.17) is 14.9 Å². The van der Waals surface area contributed by atoms with E-state index in [2.05, 4.69) is 4.98 Å². The zero-order valence-corrected chi connectivity index (χ0v) is 11.3. The number of benzene rings is 1. The molecule has 4 heteroatoms. The quantitative estimate of drug-likeness (QED) is 0.789. The van der Waals surface area contributed by atoms with Gasteiger partial charge in [0.25, 0.3) is 0 Å². The summed E-state index contributed by atoms with van der Waals surface area (Å²) >= 11 is 0. The number of aromatic nitrogens is 1. The third kappa shape index (κ3) is 2.26. The van der Waals surface area contributed by atoms with Gasteiger partial charge in [0, 0.05) is 6.20 Å². The predicted octanol–water partition coefficient (Wildman–Crippen LogP) is 3.17. The Hall–Kier alpha value is -2.33. The van der Waals surface area contributed by atoms with Gasteiger partial charge in [0.05, 0.1) is 17.6 Å². The smallest absolute Gasteiger partial charge is 0.170 e. The lowest BCUT2D eigenvalue weighted by molar-refractivity contribution is 0.293. The van der Waals surface area contributed by atoms with E-state index in [-0.39, 0.29) is 0 Å². The summed E-state index contributed by atoms with van der Waals surface area (Å²) in [4.78, 5) is 4.33. The molecule has 20 heavy (non-hydrogen) atoms. The second-order valence-corrected chi connectivity index (χ2v) is 4.61. The predicted molar refractivity (Wildman–Crippen MR) is 77.4 cm³/mol. The first-order valence-corrected chi connectivity index (χ1v) is 6.53. The summed E-state index contributed by atoms with van der Waals surface area (Å²) in [5.74, 6) is 1.38. The van der Waals surface area contributed by atoms with Gasteiger partial charge < -0.3 is 14.9 Å². The summed E-state index contributed by atoms with van der Waals surface area (Å²) < 4.78 is 11.6. The summed E-state index contributed by atoms with van der Waals surface area (Å²) in [7, 11) is 0. The zero-order chi connectivity index (χ0) is 13.9. The van der Waals surface area contributed by atoms with Crippen molar-refractivity contribution in [3.8, 4) is 5.75 Å². The highest BCUT2D eigenvalue weighted by Crippen LogP contribution is 2.33. The van der Waals surface area contributed by atoms with E-state index >= 15 is 0 Å². The van der Waals surface area contributed by atoms with Crippen LogP contribution in [0.2, 0.25) is 0 Å². The van der Waals surface area contributed by atoms with E-state index in [1.165, 1.54) is 0 Å². The number of aryl methyl sites for hydroxylation is 1. The number of furan rings is 1. The first-order chi connectivity index (χ1) is 9.79. The monoisotopic (exact) mass is 268 g/mol. The molecule has 0 atom stereocenters. The molecule has 3 aromatic rings. The Kier molecular flexibility index (Phi) is 3.39. The number of ether oxygens (including phenoxy) is 1. The fraction of sp³-hybridized carbons (Fsp3) is 0.188. The molecule has 0 aliphatic carbocycles. The minimum absolute atomic E-state index is 0.311. The Morgan fingerprint density at radius 3 is 2.85 bits per heavy atom. The molecule has 0 spiro atoms. The normalized spacial score (nSPS) is 10.9. The fourth-order valence-corrected chi connectivity index (χ4v) is 2.18. The zero-order valence-electron chi connectivity index (χ0n) is 11.3. The number of hydrogen-bond acceptors (Lipinski definition) is 4. The summed E-state index contributed by atoms with van der Waals surface area (Å²) in [5.41, 5.74) is 8.54. The molecule has 0 aliphatic rings. The standard InChI is InChI=1S/C16H16N2O2/c1-11-5-4-8-18-13(11)10-19-16-12-6-2-3-7-14(12)20-15(16)9-17/h2-8H,9-10,17H2,1H3. The minimum atomic E-state index is 0.311. The van der Waals surface area contributed by atoms with Crippen LogP contribution in [0, 0.1) is 6.92 Å². The molecule has 1 aromatic carbocycles. The van der Waals surface area contributed by atoms with Crippen molar-refractivity contribution in [2.24, 2.45) is 5.73 Å². The van der Waals surface area contributed by atoms with Gasteiger partial charge in [-0.2, -0.15) is 0 Å². The SMILES string of the molecule is Cc1cccnc1COc1c(CN)oc2ccccc12. The first kappa shape index (κ1) is 12.7. The lowest BCUT2D eigenvalue weighted by atomic mass is 10.2. The largest absolute Gasteiger partial charge is 0.483 e. The molecule has 0 saturated carbocycles. The van der Waals surface area contributed by atoms with Crippen LogP contribution in [-0.4, -0.2) is 4.98 Å². The van der Waals surface area contributed by atoms with Crippen LogP contribution < -0.4 is 10.5 Å². The van der Waals surface area contributed by atoms with Gasteiger partial charge in [0.1, 0.15) is 12.2 Å². The van der Waals surface area contributed by atoms with E-state index in [0.29, 0.717) is 24.7 Å². The van der Waals surface area contributed by atoms with Crippen LogP contribution in [0.25, 0.3) is 11.0 Å². The van der Waals surface area contributed by atoms with Crippen LogP contribution in [-0.2, 0) is 13.2 Å². The van der Waals surface area contributed by atoms with Gasteiger partial charge in [-0.25, -0.2) is 0 Å². The van der Waals surface area contributed by atoms with Gasteiger partial charge in [-0.15, -0.1) is 0 Å². The van der Waals surface area contributed by atoms with Crippen LogP contribution in [0.15, 0.2) is 47.0 Å². The van der Waals surface area contributed by atoms with Gasteiger partial charge in [-0.1, -0.05) is 18.2 Å². The van der Waals surface area contributed by atoms with Crippen molar-refractivity contribution in [3.63, 3.8) is 0 Å². The first-order valence-electron chi connectivity index (χ1n) is 6.53. The molecule has 4 nitrogen and oxygen atoms in total. The topological polar surface area (TPSA) is 61.3 Å². The Labute approximate surface area is 117 Å². The molecule has 102 valence electrons. The molecule has 0 amide bonds. The van der Waals surface area contributed by atoms with Crippen molar-refractivity contribution in [1.29, 1.82) is 0 Å². The maximum Gasteiger partial charge on any atom is 0.170 e. The lowest BCUT2D eigenvalue weighted by Gasteiger charge is -2.07. The van der Waals surface area contributed by atoms with Crippen LogP contribution in [0.5, 0.6) is 5.75 Å². The number of nitrogens with zero attached hydrogens (tertiary/aromatic N) is 1. The Bertz CT molecular complexity index is 734. The summed E-state index contributed by atoms with van der Waals surface area (Å²) in [5, 5.41) is 0.946. The van der Waals surface area contributed by atoms with Gasteiger partial charge >= 0.3 is 0 Å². The van der Waals surface area contributed by atoms with E-state index in [1.54, 1.807) is 6.20 Å². The highest BCUT2D eigenvalue weighted by atomic mass is 16.5. The highest BCUT2D eigenvalue weighted by molar-refractivity contribution is 5.85. The van der Waals surface area contributed by atoms with E-state index in [1.807, 2.05) is 43.3 Å². The Morgan fingerprint density at radius 1 is 1.20 bits per heavy atom. The molecule has 2 heterocycles. The van der Waals surface area contributed by atoms with Gasteiger partial charge in [-0.3, -0.25) is 4.98 Å². The second kappa shape index (κ2) is 5.35. The van der Waals surface area contributed by atoms with E-state index in [0.717, 1.165) is 22.2 Å². The minimum Gasteiger partial charge on any atom is -0.483 e. The van der Waals surface area contributed by atoms with Crippen LogP contribution in [0.1, 0.15) is 17.0 Å². The van der Waals surface area contributed by atoms with Crippen molar-refractivity contribution in [1.82, 2.24) is 4.98 Å². The molecule has 0 saturated heterocycles. The summed E-state index contributed by atoms with van der Waals surface area (Å²) in [6.07, 6.45) is 1.77. The van der Waals surface area contributed by atoms with E-state index < -0.39 is 0 Å². The highest BCUT2D eigenvalue weighted by Gasteiger charge is 2.14. The average molecular weight is 268 g/mol. The number of fused-ring (bicyclic) bond motifs is 1. The van der Waals surface area contributed by atoms with E-state index in [9.17, 15) is 0 Å². The summed E-state index contributed by atoms with van der Waals surface area (Å²) in [6, 6.07) is 11.7.